The molecule has 0 radical (unpaired) electrons. The molecule has 770 valence electrons. The summed E-state index contributed by atoms with van der Waals surface area (Å²) in [5, 5.41) is 10.1. The highest BCUT2D eigenvalue weighted by molar-refractivity contribution is 7.88. The van der Waals surface area contributed by atoms with Gasteiger partial charge in [0, 0.05) is 37.5 Å². The Morgan fingerprint density at radius 1 is 0.427 bits per heavy atom. The van der Waals surface area contributed by atoms with Crippen molar-refractivity contribution < 1.29 is 121 Å². The number of hydrogen-bond acceptors (Lipinski definition) is 29. The average Bonchev–Trinajstić information content (AvgIpc) is 1.61. The fourth-order valence-corrected chi connectivity index (χ4v) is 23.8. The first-order valence-corrected chi connectivity index (χ1v) is 52.1. The standard InChI is InChI=1S/C40H47N3O7.C34H42F3N3O9S.C33H43N3O7/c1-40(2,3)30-21-36(44)50-35-18-25-17-29(25)28(35)13-9-6-10-14-32-37(49-27-20-34(39(46)47-4)43(22-27)38(30)45)42-33-19-26(15-16-31(33)41-32)48-23-24-11-7-5-8-12-24;1-33(2,3)23-16-29(41)48-28-13-18-12-22(18)21(28)8-6-5-7-9-25-30(47-20-15-27(32(43)46-4)40(17-20)31(23)42)39-26-14-19(10-11-24(26)38-25)49-50(44,45)34(35,36)37;1-33(2,3)23-16-29(38)43-28-13-18-12-22(18)21(28)8-6-5-7-9-25-30(35-26-14-19(37)10-11-24(26)34-25)42-20-15-27(32(40)41-4)36(17-20)31(23)39/h5,7-8,10-12,14-16,19,25,27-30,34-35H,6,9,13,17-18,20-23H2,1-4H3;10-11,14,18,20-23,27-28H,5-9,12-13,15-17H2,1-4H3;10-11,14,18,20-23,27-28,37H,5-9,12-13,15-17H2,1-4H3/b14-10+;;/t25-,27+,28+,29-,30+,34-,35+;2*18-,20+,21+,22-,23+,27-,28+/m000/s1. The Kier molecular flexibility index (Phi) is 30.4. The van der Waals surface area contributed by atoms with Crippen molar-refractivity contribution in [2.75, 3.05) is 41.0 Å². The number of allylic oxidation sites excluding steroid dienone is 1. The Morgan fingerprint density at radius 3 is 1.23 bits per heavy atom. The van der Waals surface area contributed by atoms with E-state index in [0.29, 0.717) is 124 Å². The molecule has 6 aliphatic carbocycles. The maximum Gasteiger partial charge on any atom is 0.534 e. The topological polar surface area (TPSA) is 397 Å². The highest BCUT2D eigenvalue weighted by atomic mass is 32.2. The van der Waals surface area contributed by atoms with E-state index >= 15 is 0 Å². The fourth-order valence-electron chi connectivity index (χ4n) is 23.3. The number of methoxy groups -OCH3 is 3. The van der Waals surface area contributed by atoms with Crippen LogP contribution in [0, 0.1) is 87.3 Å². The number of fused-ring (bicyclic) bond motifs is 21. The van der Waals surface area contributed by atoms with E-state index in [2.05, 4.69) is 20.2 Å². The van der Waals surface area contributed by atoms with E-state index in [9.17, 15) is 69.8 Å². The molecule has 21 atom stereocenters. The van der Waals surface area contributed by atoms with Crippen LogP contribution < -0.4 is 23.1 Å². The van der Waals surface area contributed by atoms with Crippen LogP contribution in [-0.2, 0) is 101 Å². The third-order valence-electron chi connectivity index (χ3n) is 31.3. The van der Waals surface area contributed by atoms with Crippen molar-refractivity contribution in [2.24, 2.45) is 87.3 Å². The summed E-state index contributed by atoms with van der Waals surface area (Å²) in [5.74, 6) is -0.572. The summed E-state index contributed by atoms with van der Waals surface area (Å²) in [6.07, 6.45) is 19.4. The molecular formula is C107H132F3N9O23S. The van der Waals surface area contributed by atoms with Gasteiger partial charge in [-0.15, -0.1) is 0 Å². The van der Waals surface area contributed by atoms with Crippen LogP contribution in [0.3, 0.4) is 0 Å². The van der Waals surface area contributed by atoms with E-state index in [1.807, 2.05) is 117 Å². The second-order valence-corrected chi connectivity index (χ2v) is 45.8. The molecule has 12 aliphatic rings. The summed E-state index contributed by atoms with van der Waals surface area (Å²) in [6, 6.07) is 21.2. The second-order valence-electron chi connectivity index (χ2n) is 44.3. The van der Waals surface area contributed by atoms with E-state index in [1.165, 1.54) is 54.9 Å². The third-order valence-corrected chi connectivity index (χ3v) is 32.3. The molecule has 3 amide bonds. The lowest BCUT2D eigenvalue weighted by atomic mass is 9.77. The number of esters is 6. The molecule has 6 bridgehead atoms. The quantitative estimate of drug-likeness (QED) is 0.0639. The van der Waals surface area contributed by atoms with Gasteiger partial charge in [0.2, 0.25) is 35.4 Å². The molecule has 9 heterocycles. The van der Waals surface area contributed by atoms with Crippen molar-refractivity contribution in [1.82, 2.24) is 44.6 Å². The molecule has 9 fully saturated rings. The van der Waals surface area contributed by atoms with Crippen LogP contribution in [0.15, 0.2) is 91.0 Å². The molecule has 6 saturated carbocycles. The van der Waals surface area contributed by atoms with Crippen LogP contribution >= 0.6 is 0 Å². The van der Waals surface area contributed by atoms with Crippen LogP contribution in [0.5, 0.6) is 34.9 Å². The molecule has 4 aromatic carbocycles. The molecule has 3 aromatic heterocycles. The maximum atomic E-state index is 14.3. The molecule has 1 N–H and O–H groups in total. The lowest BCUT2D eigenvalue weighted by Gasteiger charge is -2.34. The number of aromatic hydroxyl groups is 1. The van der Waals surface area contributed by atoms with E-state index in [4.69, 9.17) is 67.3 Å². The lowest BCUT2D eigenvalue weighted by molar-refractivity contribution is -0.160. The number of benzene rings is 4. The number of hydrogen-bond donors (Lipinski definition) is 1. The summed E-state index contributed by atoms with van der Waals surface area (Å²) in [5.41, 5.74) is -1.78. The van der Waals surface area contributed by atoms with Crippen LogP contribution in [0.25, 0.3) is 39.2 Å². The van der Waals surface area contributed by atoms with Crippen molar-refractivity contribution in [1.29, 1.82) is 0 Å². The molecular weight excluding hydrogens is 1870 g/mol. The predicted molar refractivity (Wildman–Crippen MR) is 515 cm³/mol. The molecule has 143 heavy (non-hydrogen) atoms. The second kappa shape index (κ2) is 42.2. The van der Waals surface area contributed by atoms with Gasteiger partial charge in [0.25, 0.3) is 0 Å². The molecule has 36 heteroatoms. The van der Waals surface area contributed by atoms with Crippen molar-refractivity contribution in [3.05, 3.63) is 114 Å². The average molecular weight is 2000 g/mol. The van der Waals surface area contributed by atoms with Crippen molar-refractivity contribution in [3.63, 3.8) is 0 Å². The number of nitrogens with zero attached hydrogens (tertiary/aromatic N) is 9. The van der Waals surface area contributed by atoms with Gasteiger partial charge in [-0.25, -0.2) is 44.3 Å². The number of carbonyl (C=O) groups excluding carboxylic acids is 9. The Balaban J connectivity index is 0.000000148. The lowest BCUT2D eigenvalue weighted by Crippen LogP contribution is -2.48. The smallest absolute Gasteiger partial charge is 0.508 e. The number of aryl methyl sites for hydroxylation is 2. The molecule has 32 nitrogen and oxygen atoms in total. The van der Waals surface area contributed by atoms with Crippen LogP contribution in [0.1, 0.15) is 233 Å². The molecule has 0 unspecified atom stereocenters. The van der Waals surface area contributed by atoms with Gasteiger partial charge in [0.1, 0.15) is 95.7 Å². The zero-order valence-corrected chi connectivity index (χ0v) is 84.2. The molecule has 7 aromatic rings. The first-order chi connectivity index (χ1) is 68.0. The monoisotopic (exact) mass is 2000 g/mol. The Bertz CT molecular complexity index is 6090. The molecule has 19 rings (SSSR count). The van der Waals surface area contributed by atoms with Gasteiger partial charge >= 0.3 is 51.4 Å². The number of halogens is 3. The number of phenols is 1. The van der Waals surface area contributed by atoms with Gasteiger partial charge in [-0.05, 0) is 214 Å². The summed E-state index contributed by atoms with van der Waals surface area (Å²) >= 11 is 0. The summed E-state index contributed by atoms with van der Waals surface area (Å²) in [6.45, 7) is 17.9. The molecule has 0 spiro atoms. The fraction of sp³-hybridized carbons (Fsp3) is 0.617. The summed E-state index contributed by atoms with van der Waals surface area (Å²) < 4.78 is 126. The Morgan fingerprint density at radius 2 is 0.811 bits per heavy atom. The largest absolute Gasteiger partial charge is 0.534 e. The predicted octanol–water partition coefficient (Wildman–Crippen LogP) is 16.3. The van der Waals surface area contributed by atoms with E-state index in [-0.39, 0.29) is 129 Å². The highest BCUT2D eigenvalue weighted by Gasteiger charge is 2.59. The molecule has 6 aliphatic heterocycles. The minimum atomic E-state index is -5.92. The first-order valence-electron chi connectivity index (χ1n) is 50.7. The first kappa shape index (κ1) is 103. The normalized spacial score (nSPS) is 30.0. The van der Waals surface area contributed by atoms with Gasteiger partial charge in [0.15, 0.2) is 0 Å². The number of amides is 3. The van der Waals surface area contributed by atoms with Gasteiger partial charge in [-0.1, -0.05) is 124 Å². The van der Waals surface area contributed by atoms with E-state index in [0.717, 1.165) is 113 Å². The number of aromatic nitrogens is 6. The van der Waals surface area contributed by atoms with Crippen LogP contribution in [0.4, 0.5) is 13.2 Å². The number of alkyl halides is 3. The Hall–Kier alpha value is -11.6. The number of rotatable bonds is 8. The summed E-state index contributed by atoms with van der Waals surface area (Å²) in [4.78, 5) is 155. The minimum Gasteiger partial charge on any atom is -0.508 e. The SMILES string of the molecule is COC(=O)[C@@H]1C[C@@H]2CN1C(=O)[C@H](C(C)(C)C)CC(=O)O[C@@H]1C[C@@H]3C[C@@H]3[C@H]1CCC/C=C/c1nc3ccc(OCc4ccccc4)cc3nc1O2.COC(=O)[C@@H]1C[C@@H]2CN1C(=O)[C@H](C(C)(C)C)CC(=O)O[C@@H]1C[C@@H]3C[C@@H]3[C@H]1CCCCCc1nc3ccc(O)cc3nc1O2.COC(=O)[C@@H]1C[C@@H]2CN1C(=O)[C@H](C(C)(C)C)CC(=O)O[C@@H]1C[C@@H]3C[C@@H]3[C@H]1CCCCCc1nc3ccc(OS(=O)(=O)C(F)(F)F)cc3nc1O2. The van der Waals surface area contributed by atoms with Crippen molar-refractivity contribution in [3.8, 4) is 34.9 Å². The zero-order chi connectivity index (χ0) is 102. The van der Waals surface area contributed by atoms with Crippen LogP contribution in [-0.4, -0.2) is 213 Å². The Labute approximate surface area is 830 Å². The number of phenolic OH excluding ortho intramolecular Hbond substituents is 1. The third kappa shape index (κ3) is 23.8. The highest BCUT2D eigenvalue weighted by Crippen LogP contribution is 2.61. The van der Waals surface area contributed by atoms with E-state index < -0.39 is 122 Å². The van der Waals surface area contributed by atoms with Gasteiger partial charge in [-0.3, -0.25) is 28.8 Å². The van der Waals surface area contributed by atoms with Gasteiger partial charge in [0.05, 0.1) is 111 Å². The van der Waals surface area contributed by atoms with E-state index in [1.54, 1.807) is 18.2 Å². The van der Waals surface area contributed by atoms with Crippen molar-refractivity contribution in [2.45, 2.75) is 290 Å². The minimum absolute atomic E-state index is 0.0220. The van der Waals surface area contributed by atoms with Gasteiger partial charge < -0.3 is 71.4 Å². The van der Waals surface area contributed by atoms with Gasteiger partial charge in [-0.2, -0.15) is 21.6 Å². The summed E-state index contributed by atoms with van der Waals surface area (Å²) in [7, 11) is -2.09. The zero-order valence-electron chi connectivity index (χ0n) is 83.4. The molecule has 3 saturated heterocycles. The number of ether oxygens (including phenoxy) is 10. The van der Waals surface area contributed by atoms with Crippen LogP contribution in [0.2, 0.25) is 0 Å². The maximum absolute atomic E-state index is 14.3. The van der Waals surface area contributed by atoms with Crippen molar-refractivity contribution >= 4 is 103 Å². The number of carbonyl (C=O) groups is 9.